The summed E-state index contributed by atoms with van der Waals surface area (Å²) in [5, 5.41) is 0. The number of benzene rings is 2. The van der Waals surface area contributed by atoms with Crippen molar-refractivity contribution in [2.45, 2.75) is 6.54 Å². The van der Waals surface area contributed by atoms with E-state index in [0.717, 1.165) is 47.6 Å². The largest absolute Gasteiger partial charge is 0.367 e. The van der Waals surface area contributed by atoms with Gasteiger partial charge in [0.15, 0.2) is 0 Å². The highest BCUT2D eigenvalue weighted by atomic mass is 32.1. The summed E-state index contributed by atoms with van der Waals surface area (Å²) >= 11 is 1.24. The Hall–Kier alpha value is -2.18. The zero-order valence-corrected chi connectivity index (χ0v) is 14.0. The summed E-state index contributed by atoms with van der Waals surface area (Å²) in [6, 6.07) is 13.0. The van der Waals surface area contributed by atoms with Crippen LogP contribution in [0.1, 0.15) is 5.56 Å². The van der Waals surface area contributed by atoms with Crippen LogP contribution in [0, 0.1) is 5.82 Å². The van der Waals surface area contributed by atoms with E-state index >= 15 is 0 Å². The highest BCUT2D eigenvalue weighted by Gasteiger charge is 2.20. The molecule has 1 aliphatic rings. The standard InChI is InChI=1S/C18H18FN3OS/c19-14-5-2-1-4-13(14)12-21-8-10-22(11-9-21)15-6-3-7-16-17(15)20-18(23)24-16/h1-7H,8-12H2,(H,20,23). The van der Waals surface area contributed by atoms with Gasteiger partial charge in [0.05, 0.1) is 15.9 Å². The fourth-order valence-corrected chi connectivity index (χ4v) is 3.99. The van der Waals surface area contributed by atoms with Crippen LogP contribution >= 0.6 is 11.3 Å². The van der Waals surface area contributed by atoms with Gasteiger partial charge in [-0.05, 0) is 18.2 Å². The maximum Gasteiger partial charge on any atom is 0.305 e. The minimum atomic E-state index is -0.138. The van der Waals surface area contributed by atoms with Crippen molar-refractivity contribution in [1.29, 1.82) is 0 Å². The van der Waals surface area contributed by atoms with E-state index in [2.05, 4.69) is 20.9 Å². The van der Waals surface area contributed by atoms with E-state index < -0.39 is 0 Å². The number of nitrogens with one attached hydrogen (secondary N) is 1. The van der Waals surface area contributed by atoms with Gasteiger partial charge >= 0.3 is 4.87 Å². The number of para-hydroxylation sites is 1. The van der Waals surface area contributed by atoms with Crippen molar-refractivity contribution in [3.05, 3.63) is 63.5 Å². The second kappa shape index (κ2) is 6.37. The maximum atomic E-state index is 13.8. The Morgan fingerprint density at radius 3 is 2.62 bits per heavy atom. The molecule has 0 aliphatic carbocycles. The molecule has 4 rings (SSSR count). The third-order valence-electron chi connectivity index (χ3n) is 4.50. The quantitative estimate of drug-likeness (QED) is 0.794. The van der Waals surface area contributed by atoms with Crippen molar-refractivity contribution in [2.24, 2.45) is 0 Å². The van der Waals surface area contributed by atoms with Crippen molar-refractivity contribution in [3.63, 3.8) is 0 Å². The maximum absolute atomic E-state index is 13.8. The fraction of sp³-hybridized carbons (Fsp3) is 0.278. The minimum Gasteiger partial charge on any atom is -0.367 e. The SMILES string of the molecule is O=c1[nH]c2c(N3CCN(Cc4ccccc4F)CC3)cccc2s1. The first-order valence-corrected chi connectivity index (χ1v) is 8.85. The van der Waals surface area contributed by atoms with Crippen molar-refractivity contribution in [3.8, 4) is 0 Å². The highest BCUT2D eigenvalue weighted by Crippen LogP contribution is 2.27. The van der Waals surface area contributed by atoms with Gasteiger partial charge in [0.2, 0.25) is 0 Å². The van der Waals surface area contributed by atoms with Crippen LogP contribution in [0.4, 0.5) is 10.1 Å². The Morgan fingerprint density at radius 1 is 1.04 bits per heavy atom. The van der Waals surface area contributed by atoms with Gasteiger partial charge in [-0.15, -0.1) is 0 Å². The van der Waals surface area contributed by atoms with E-state index in [4.69, 9.17) is 0 Å². The molecule has 4 nitrogen and oxygen atoms in total. The number of fused-ring (bicyclic) bond motifs is 1. The van der Waals surface area contributed by atoms with Crippen LogP contribution < -0.4 is 9.77 Å². The number of piperazine rings is 1. The Labute approximate surface area is 143 Å². The first-order chi connectivity index (χ1) is 11.7. The molecule has 1 aliphatic heterocycles. The normalized spacial score (nSPS) is 16.0. The van der Waals surface area contributed by atoms with E-state index in [0.29, 0.717) is 6.54 Å². The molecule has 124 valence electrons. The molecule has 24 heavy (non-hydrogen) atoms. The Kier molecular flexibility index (Phi) is 4.08. The Morgan fingerprint density at radius 2 is 1.83 bits per heavy atom. The number of aromatic nitrogens is 1. The number of halogens is 1. The number of H-pyrrole nitrogens is 1. The molecule has 1 saturated heterocycles. The predicted octanol–water partition coefficient (Wildman–Crippen LogP) is 3.05. The van der Waals surface area contributed by atoms with Gasteiger partial charge in [-0.1, -0.05) is 35.6 Å². The lowest BCUT2D eigenvalue weighted by atomic mass is 10.1. The molecule has 0 radical (unpaired) electrons. The number of hydrogen-bond donors (Lipinski definition) is 1. The molecule has 6 heteroatoms. The van der Waals surface area contributed by atoms with Gasteiger partial charge in [0, 0.05) is 38.3 Å². The molecule has 0 spiro atoms. The Balaban J connectivity index is 1.48. The van der Waals surface area contributed by atoms with Gasteiger partial charge in [0.1, 0.15) is 5.82 Å². The van der Waals surface area contributed by atoms with Crippen LogP contribution in [0.25, 0.3) is 10.2 Å². The van der Waals surface area contributed by atoms with Crippen molar-refractivity contribution >= 4 is 27.2 Å². The molecule has 0 unspecified atom stereocenters. The average Bonchev–Trinajstić information content (AvgIpc) is 2.98. The third kappa shape index (κ3) is 2.95. The molecular weight excluding hydrogens is 325 g/mol. The van der Waals surface area contributed by atoms with E-state index in [9.17, 15) is 9.18 Å². The van der Waals surface area contributed by atoms with Crippen LogP contribution in [0.15, 0.2) is 47.3 Å². The fourth-order valence-electron chi connectivity index (χ4n) is 3.24. The van der Waals surface area contributed by atoms with Gasteiger partial charge in [-0.25, -0.2) is 4.39 Å². The summed E-state index contributed by atoms with van der Waals surface area (Å²) in [7, 11) is 0. The summed E-state index contributed by atoms with van der Waals surface area (Å²) in [6.07, 6.45) is 0. The molecule has 1 N–H and O–H groups in total. The van der Waals surface area contributed by atoms with E-state index in [1.165, 1.54) is 17.4 Å². The average molecular weight is 343 g/mol. The molecule has 0 atom stereocenters. The minimum absolute atomic E-state index is 0.0179. The van der Waals surface area contributed by atoms with Gasteiger partial charge < -0.3 is 9.88 Å². The second-order valence-electron chi connectivity index (χ2n) is 6.02. The molecule has 3 aromatic rings. The molecule has 1 fully saturated rings. The van der Waals surface area contributed by atoms with E-state index in [-0.39, 0.29) is 10.7 Å². The molecule has 2 aromatic carbocycles. The molecular formula is C18H18FN3OS. The number of hydrogen-bond acceptors (Lipinski definition) is 4. The van der Waals surface area contributed by atoms with Crippen LogP contribution in [0.3, 0.4) is 0 Å². The first-order valence-electron chi connectivity index (χ1n) is 8.03. The molecule has 1 aromatic heterocycles. The number of rotatable bonds is 3. The predicted molar refractivity (Wildman–Crippen MR) is 96.3 cm³/mol. The number of nitrogens with zero attached hydrogens (tertiary/aromatic N) is 2. The highest BCUT2D eigenvalue weighted by molar-refractivity contribution is 7.16. The summed E-state index contributed by atoms with van der Waals surface area (Å²) in [5.74, 6) is -0.138. The smallest absolute Gasteiger partial charge is 0.305 e. The number of anilines is 1. The van der Waals surface area contributed by atoms with Gasteiger partial charge in [-0.2, -0.15) is 0 Å². The molecule has 0 bridgehead atoms. The summed E-state index contributed by atoms with van der Waals surface area (Å²) in [4.78, 5) is 19.1. The topological polar surface area (TPSA) is 39.3 Å². The number of aromatic amines is 1. The van der Waals surface area contributed by atoms with E-state index in [1.807, 2.05) is 24.3 Å². The van der Waals surface area contributed by atoms with Crippen LogP contribution in [0.5, 0.6) is 0 Å². The van der Waals surface area contributed by atoms with Crippen LogP contribution in [-0.2, 0) is 6.54 Å². The summed E-state index contributed by atoms with van der Waals surface area (Å²) in [5.41, 5.74) is 2.75. The lowest BCUT2D eigenvalue weighted by molar-refractivity contribution is 0.247. The Bertz CT molecular complexity index is 912. The van der Waals surface area contributed by atoms with Gasteiger partial charge in [0.25, 0.3) is 0 Å². The van der Waals surface area contributed by atoms with Crippen LogP contribution in [0.2, 0.25) is 0 Å². The summed E-state index contributed by atoms with van der Waals surface area (Å²) in [6.45, 7) is 4.12. The zero-order valence-electron chi connectivity index (χ0n) is 13.2. The molecule has 0 saturated carbocycles. The van der Waals surface area contributed by atoms with Crippen molar-refractivity contribution in [1.82, 2.24) is 9.88 Å². The molecule has 2 heterocycles. The van der Waals surface area contributed by atoms with Crippen molar-refractivity contribution in [2.75, 3.05) is 31.1 Å². The van der Waals surface area contributed by atoms with Crippen molar-refractivity contribution < 1.29 is 4.39 Å². The third-order valence-corrected chi connectivity index (χ3v) is 5.35. The second-order valence-corrected chi connectivity index (χ2v) is 7.03. The van der Waals surface area contributed by atoms with E-state index in [1.54, 1.807) is 6.07 Å². The van der Waals surface area contributed by atoms with Gasteiger partial charge in [-0.3, -0.25) is 9.69 Å². The number of thiazole rings is 1. The first kappa shape index (κ1) is 15.4. The zero-order chi connectivity index (χ0) is 16.5. The summed E-state index contributed by atoms with van der Waals surface area (Å²) < 4.78 is 14.8. The lowest BCUT2D eigenvalue weighted by Gasteiger charge is -2.36. The monoisotopic (exact) mass is 343 g/mol. The lowest BCUT2D eigenvalue weighted by Crippen LogP contribution is -2.46. The van der Waals surface area contributed by atoms with Crippen LogP contribution in [-0.4, -0.2) is 36.1 Å². The molecule has 0 amide bonds.